The lowest BCUT2D eigenvalue weighted by Crippen LogP contribution is -1.90. The first-order chi connectivity index (χ1) is 5.27. The summed E-state index contributed by atoms with van der Waals surface area (Å²) in [6.07, 6.45) is 0.0792. The minimum absolute atomic E-state index is 0.0792. The molecule has 0 aromatic carbocycles. The van der Waals surface area contributed by atoms with Crippen LogP contribution in [0.2, 0.25) is 10.3 Å². The van der Waals surface area contributed by atoms with Crippen molar-refractivity contribution in [3.05, 3.63) is 21.9 Å². The number of hydrogen-bond acceptors (Lipinski definition) is 3. The first-order valence-electron chi connectivity index (χ1n) is 3.07. The van der Waals surface area contributed by atoms with Crippen LogP contribution in [-0.4, -0.2) is 16.8 Å². The van der Waals surface area contributed by atoms with Gasteiger partial charge in [0, 0.05) is 5.56 Å². The van der Waals surface area contributed by atoms with Crippen molar-refractivity contribution in [2.24, 2.45) is 0 Å². The van der Waals surface area contributed by atoms with E-state index in [2.05, 4.69) is 10.2 Å². The first-order valence-corrected chi connectivity index (χ1v) is 3.83. The lowest BCUT2D eigenvalue weighted by Gasteiger charge is -1.96. The molecule has 0 unspecified atom stereocenters. The van der Waals surface area contributed by atoms with Crippen LogP contribution in [0.15, 0.2) is 6.07 Å². The molecule has 2 rings (SSSR count). The normalized spacial score (nSPS) is 21.8. The molecule has 0 radical (unpaired) electrons. The van der Waals surface area contributed by atoms with Gasteiger partial charge in [-0.25, -0.2) is 0 Å². The van der Waals surface area contributed by atoms with Gasteiger partial charge in [-0.2, -0.15) is 0 Å². The van der Waals surface area contributed by atoms with Crippen molar-refractivity contribution < 1.29 is 4.74 Å². The van der Waals surface area contributed by atoms with Crippen molar-refractivity contribution in [3.63, 3.8) is 0 Å². The molecule has 0 aliphatic carbocycles. The molecule has 1 aliphatic heterocycles. The Morgan fingerprint density at radius 3 is 2.82 bits per heavy atom. The molecule has 0 amide bonds. The fourth-order valence-electron chi connectivity index (χ4n) is 0.820. The molecule has 0 bridgehead atoms. The number of rotatable bonds is 1. The fraction of sp³-hybridized carbons (Fsp3) is 0.333. The molecule has 5 heteroatoms. The van der Waals surface area contributed by atoms with Gasteiger partial charge < -0.3 is 4.74 Å². The van der Waals surface area contributed by atoms with Crippen LogP contribution in [-0.2, 0) is 4.74 Å². The van der Waals surface area contributed by atoms with E-state index in [0.717, 1.165) is 5.56 Å². The number of epoxide rings is 1. The van der Waals surface area contributed by atoms with Crippen molar-refractivity contribution in [3.8, 4) is 0 Å². The molecule has 1 saturated heterocycles. The second-order valence-corrected chi connectivity index (χ2v) is 2.98. The zero-order valence-electron chi connectivity index (χ0n) is 5.42. The number of aromatic nitrogens is 2. The topological polar surface area (TPSA) is 38.3 Å². The van der Waals surface area contributed by atoms with Gasteiger partial charge in [-0.3, -0.25) is 0 Å². The van der Waals surface area contributed by atoms with E-state index in [1.54, 1.807) is 6.07 Å². The van der Waals surface area contributed by atoms with E-state index >= 15 is 0 Å². The highest BCUT2D eigenvalue weighted by atomic mass is 35.5. The molecule has 3 nitrogen and oxygen atoms in total. The highest BCUT2D eigenvalue weighted by molar-refractivity contribution is 6.31. The zero-order chi connectivity index (χ0) is 7.84. The van der Waals surface area contributed by atoms with E-state index in [9.17, 15) is 0 Å². The zero-order valence-corrected chi connectivity index (χ0v) is 6.93. The van der Waals surface area contributed by atoms with Crippen LogP contribution in [0.3, 0.4) is 0 Å². The summed E-state index contributed by atoms with van der Waals surface area (Å²) < 4.78 is 5.02. The van der Waals surface area contributed by atoms with Crippen molar-refractivity contribution in [2.45, 2.75) is 6.10 Å². The Morgan fingerprint density at radius 2 is 2.18 bits per heavy atom. The van der Waals surface area contributed by atoms with Gasteiger partial charge in [-0.05, 0) is 6.07 Å². The van der Waals surface area contributed by atoms with Gasteiger partial charge in [0.25, 0.3) is 0 Å². The highest BCUT2D eigenvalue weighted by Gasteiger charge is 2.28. The molecule has 0 saturated carbocycles. The minimum Gasteiger partial charge on any atom is -0.368 e. The molecule has 11 heavy (non-hydrogen) atoms. The van der Waals surface area contributed by atoms with Gasteiger partial charge in [-0.1, -0.05) is 23.2 Å². The van der Waals surface area contributed by atoms with Crippen LogP contribution in [0.25, 0.3) is 0 Å². The standard InChI is InChI=1S/C6H4Cl2N2O/c7-5-1-3(4-2-11-4)6(8)10-9-5/h1,4H,2H2/t4-/m1/s1. The Morgan fingerprint density at radius 1 is 1.45 bits per heavy atom. The summed E-state index contributed by atoms with van der Waals surface area (Å²) >= 11 is 11.3. The number of nitrogens with zero attached hydrogens (tertiary/aromatic N) is 2. The Bertz CT molecular complexity index is 288. The largest absolute Gasteiger partial charge is 0.368 e. The molecule has 58 valence electrons. The molecular weight excluding hydrogens is 187 g/mol. The summed E-state index contributed by atoms with van der Waals surface area (Å²) in [6, 6.07) is 1.68. The van der Waals surface area contributed by atoms with E-state index in [0.29, 0.717) is 16.9 Å². The fourth-order valence-corrected chi connectivity index (χ4v) is 1.19. The van der Waals surface area contributed by atoms with Crippen molar-refractivity contribution >= 4 is 23.2 Å². The summed E-state index contributed by atoms with van der Waals surface area (Å²) in [5, 5.41) is 7.94. The average Bonchev–Trinajstić information content (AvgIpc) is 2.76. The highest BCUT2D eigenvalue weighted by Crippen LogP contribution is 2.34. The quantitative estimate of drug-likeness (QED) is 0.635. The predicted octanol–water partition coefficient (Wildman–Crippen LogP) is 1.85. The summed E-state index contributed by atoms with van der Waals surface area (Å²) in [5.74, 6) is 0. The second kappa shape index (κ2) is 2.59. The molecule has 1 fully saturated rings. The minimum atomic E-state index is 0.0792. The Labute approximate surface area is 73.3 Å². The lowest BCUT2D eigenvalue weighted by atomic mass is 10.2. The first kappa shape index (κ1) is 7.28. The average molecular weight is 191 g/mol. The van der Waals surface area contributed by atoms with Gasteiger partial charge in [0.2, 0.25) is 0 Å². The van der Waals surface area contributed by atoms with Crippen LogP contribution in [0, 0.1) is 0 Å². The van der Waals surface area contributed by atoms with E-state index in [-0.39, 0.29) is 6.10 Å². The second-order valence-electron chi connectivity index (χ2n) is 2.24. The summed E-state index contributed by atoms with van der Waals surface area (Å²) in [5.41, 5.74) is 0.826. The molecule has 1 aliphatic rings. The maximum atomic E-state index is 5.72. The molecule has 0 N–H and O–H groups in total. The SMILES string of the molecule is Clc1cc([C@H]2CO2)c(Cl)nn1. The van der Waals surface area contributed by atoms with Crippen LogP contribution in [0.1, 0.15) is 11.7 Å². The maximum absolute atomic E-state index is 5.72. The summed E-state index contributed by atoms with van der Waals surface area (Å²) in [4.78, 5) is 0. The van der Waals surface area contributed by atoms with E-state index in [1.807, 2.05) is 0 Å². The number of halogens is 2. The number of hydrogen-bond donors (Lipinski definition) is 0. The molecular formula is C6H4Cl2N2O. The number of ether oxygens (including phenoxy) is 1. The van der Waals surface area contributed by atoms with Gasteiger partial charge in [0.1, 0.15) is 6.10 Å². The van der Waals surface area contributed by atoms with Gasteiger partial charge in [0.05, 0.1) is 6.61 Å². The third kappa shape index (κ3) is 1.45. The summed E-state index contributed by atoms with van der Waals surface area (Å²) in [7, 11) is 0. The predicted molar refractivity (Wildman–Crippen MR) is 40.7 cm³/mol. The van der Waals surface area contributed by atoms with E-state index in [1.165, 1.54) is 0 Å². The smallest absolute Gasteiger partial charge is 0.157 e. The monoisotopic (exact) mass is 190 g/mol. The third-order valence-electron chi connectivity index (χ3n) is 1.43. The maximum Gasteiger partial charge on any atom is 0.157 e. The Balaban J connectivity index is 2.42. The molecule has 1 aromatic heterocycles. The van der Waals surface area contributed by atoms with Crippen molar-refractivity contribution in [1.29, 1.82) is 0 Å². The van der Waals surface area contributed by atoms with Crippen LogP contribution in [0.5, 0.6) is 0 Å². The molecule has 2 heterocycles. The van der Waals surface area contributed by atoms with E-state index < -0.39 is 0 Å². The van der Waals surface area contributed by atoms with Crippen molar-refractivity contribution in [1.82, 2.24) is 10.2 Å². The van der Waals surface area contributed by atoms with Crippen molar-refractivity contribution in [2.75, 3.05) is 6.61 Å². The van der Waals surface area contributed by atoms with Crippen LogP contribution >= 0.6 is 23.2 Å². The third-order valence-corrected chi connectivity index (χ3v) is 1.90. The molecule has 0 spiro atoms. The van der Waals surface area contributed by atoms with Crippen LogP contribution < -0.4 is 0 Å². The van der Waals surface area contributed by atoms with Crippen LogP contribution in [0.4, 0.5) is 0 Å². The van der Waals surface area contributed by atoms with Gasteiger partial charge in [-0.15, -0.1) is 10.2 Å². The molecule has 1 aromatic rings. The molecule has 1 atom stereocenters. The Kier molecular flexibility index (Phi) is 1.71. The summed E-state index contributed by atoms with van der Waals surface area (Å²) in [6.45, 7) is 0.696. The Hall–Kier alpha value is -0.380. The lowest BCUT2D eigenvalue weighted by molar-refractivity contribution is 0.415. The van der Waals surface area contributed by atoms with E-state index in [4.69, 9.17) is 27.9 Å². The van der Waals surface area contributed by atoms with Gasteiger partial charge in [0.15, 0.2) is 10.3 Å². The van der Waals surface area contributed by atoms with Gasteiger partial charge >= 0.3 is 0 Å².